The van der Waals surface area contributed by atoms with Gasteiger partial charge in [0.25, 0.3) is 5.69 Å². The molecule has 3 aliphatic rings. The van der Waals surface area contributed by atoms with E-state index in [4.69, 9.17) is 4.74 Å². The van der Waals surface area contributed by atoms with Crippen molar-refractivity contribution >= 4 is 5.97 Å². The molecule has 1 fully saturated rings. The first-order valence-electron chi connectivity index (χ1n) is 11.0. The van der Waals surface area contributed by atoms with Crippen LogP contribution in [0.1, 0.15) is 35.5 Å². The average Bonchev–Trinajstić information content (AvgIpc) is 3.07. The highest BCUT2D eigenvalue weighted by Gasteiger charge is 2.88. The lowest BCUT2D eigenvalue weighted by molar-refractivity contribution is -0.733. The summed E-state index contributed by atoms with van der Waals surface area (Å²) in [6, 6.07) is 5.56. The molecule has 1 N–H and O–H groups in total. The van der Waals surface area contributed by atoms with Gasteiger partial charge in [-0.25, -0.2) is 23.1 Å². The van der Waals surface area contributed by atoms with Crippen molar-refractivity contribution in [3.05, 3.63) is 83.6 Å². The number of aromatic nitrogens is 3. The number of pyridine rings is 1. The zero-order valence-corrected chi connectivity index (χ0v) is 18.7. The topological polar surface area (TPSA) is 49.9 Å². The number of benzene rings is 1. The fourth-order valence-electron chi connectivity index (χ4n) is 6.74. The van der Waals surface area contributed by atoms with Gasteiger partial charge in [-0.2, -0.15) is 17.7 Å². The number of aromatic amines is 1. The number of hydrogen-bond acceptors (Lipinski definition) is 2. The van der Waals surface area contributed by atoms with Crippen LogP contribution in [0.25, 0.3) is 11.3 Å². The molecule has 2 aromatic heterocycles. The van der Waals surface area contributed by atoms with E-state index in [0.29, 0.717) is 11.3 Å². The van der Waals surface area contributed by atoms with Crippen LogP contribution < -0.4 is 9.13 Å². The number of H-pyrrole nitrogens is 1. The molecule has 180 valence electrons. The van der Waals surface area contributed by atoms with Crippen LogP contribution in [0.15, 0.2) is 55.1 Å². The van der Waals surface area contributed by atoms with E-state index in [9.17, 15) is 22.4 Å². The van der Waals surface area contributed by atoms with Crippen molar-refractivity contribution in [2.24, 2.45) is 5.92 Å². The number of nitrogens with zero attached hydrogens (tertiary/aromatic N) is 2. The highest BCUT2D eigenvalue weighted by atomic mass is 19.4. The third kappa shape index (κ3) is 2.44. The van der Waals surface area contributed by atoms with Gasteiger partial charge in [0.2, 0.25) is 17.6 Å². The normalized spacial score (nSPS) is 28.4. The number of carbonyl (C=O) groups is 1. The summed E-state index contributed by atoms with van der Waals surface area (Å²) in [4.78, 5) is 15.5. The first-order valence-corrected chi connectivity index (χ1v) is 11.0. The first-order chi connectivity index (χ1) is 16.5. The standard InChI is InChI=1S/C25H19F5N3O2/c1-12(2)24-21(17-10-32-11-31-9-16(32)22(34)35-17)23(24,3)13-8-14(26)19(25(28,29)30)20(27)18(13)15-6-4-5-7-33(15)24/h4-9,11,17,21H,1,10H2,2-3H3/q+1/p+1. The Kier molecular flexibility index (Phi) is 4.11. The zero-order chi connectivity index (χ0) is 25.1. The smallest absolute Gasteiger partial charge is 0.422 e. The Morgan fingerprint density at radius 1 is 1.26 bits per heavy atom. The van der Waals surface area contributed by atoms with Crippen molar-refractivity contribution in [3.8, 4) is 11.3 Å². The summed E-state index contributed by atoms with van der Waals surface area (Å²) < 4.78 is 80.5. The minimum atomic E-state index is -5.21. The van der Waals surface area contributed by atoms with Crippen LogP contribution in [0.3, 0.4) is 0 Å². The number of rotatable bonds is 2. The number of hydrogen-bond donors (Lipinski definition) is 1. The molecule has 4 heterocycles. The molecule has 0 saturated heterocycles. The number of halogens is 5. The van der Waals surface area contributed by atoms with Crippen LogP contribution in [0.4, 0.5) is 22.0 Å². The molecule has 3 aromatic rings. The van der Waals surface area contributed by atoms with Crippen molar-refractivity contribution < 1.29 is 40.6 Å². The molecule has 0 amide bonds. The van der Waals surface area contributed by atoms with Crippen molar-refractivity contribution in [2.45, 2.75) is 43.6 Å². The molecule has 1 saturated carbocycles. The van der Waals surface area contributed by atoms with Gasteiger partial charge < -0.3 is 4.74 Å². The fraction of sp³-hybridized carbons (Fsp3) is 0.320. The Hall–Kier alpha value is -3.56. The molecule has 0 radical (unpaired) electrons. The first kappa shape index (κ1) is 21.9. The number of imidazole rings is 1. The van der Waals surface area contributed by atoms with Gasteiger partial charge in [0.05, 0.1) is 16.9 Å². The van der Waals surface area contributed by atoms with Gasteiger partial charge >= 0.3 is 12.1 Å². The number of alkyl halides is 3. The summed E-state index contributed by atoms with van der Waals surface area (Å²) in [5, 5.41) is 0. The number of allylic oxidation sites excluding steroid dienone is 1. The molecule has 0 bridgehead atoms. The van der Waals surface area contributed by atoms with Gasteiger partial charge in [-0.15, -0.1) is 0 Å². The van der Waals surface area contributed by atoms with Gasteiger partial charge in [0.1, 0.15) is 24.1 Å². The number of carbonyl (C=O) groups excluding carboxylic acids is 1. The maximum Gasteiger partial charge on any atom is 0.422 e. The van der Waals surface area contributed by atoms with Crippen molar-refractivity contribution in [3.63, 3.8) is 0 Å². The summed E-state index contributed by atoms with van der Waals surface area (Å²) in [5.74, 6) is -4.44. The molecule has 5 nitrogen and oxygen atoms in total. The Morgan fingerprint density at radius 2 is 2.00 bits per heavy atom. The van der Waals surface area contributed by atoms with Crippen molar-refractivity contribution in [2.75, 3.05) is 0 Å². The summed E-state index contributed by atoms with van der Waals surface area (Å²) in [7, 11) is 0. The minimum absolute atomic E-state index is 0.0978. The molecular formula is C25H20F5N3O2+2. The Balaban J connectivity index is 1.64. The van der Waals surface area contributed by atoms with E-state index < -0.39 is 52.3 Å². The summed E-state index contributed by atoms with van der Waals surface area (Å²) >= 11 is 0. The van der Waals surface area contributed by atoms with Crippen LogP contribution >= 0.6 is 0 Å². The van der Waals surface area contributed by atoms with E-state index >= 15 is 4.39 Å². The molecular weight excluding hydrogens is 469 g/mol. The number of cyclic esters (lactones) is 1. The molecule has 6 rings (SSSR count). The highest BCUT2D eigenvalue weighted by Crippen LogP contribution is 2.73. The van der Waals surface area contributed by atoms with Gasteiger partial charge in [0, 0.05) is 12.1 Å². The van der Waals surface area contributed by atoms with Crippen molar-refractivity contribution in [1.82, 2.24) is 4.98 Å². The second-order valence-corrected chi connectivity index (χ2v) is 9.57. The number of fused-ring (bicyclic) bond motifs is 7. The van der Waals surface area contributed by atoms with Crippen LogP contribution in [-0.2, 0) is 28.4 Å². The van der Waals surface area contributed by atoms with E-state index in [1.165, 1.54) is 12.3 Å². The average molecular weight is 489 g/mol. The van der Waals surface area contributed by atoms with Crippen LogP contribution in [-0.4, -0.2) is 17.1 Å². The SMILES string of the molecule is C=C(C)C12C(C3C[n+]4c[nH]cc4C(=O)O3)C1(C)c1cc(F)c(C(F)(F)F)c(F)c1-c1cccc[n+]12. The second kappa shape index (κ2) is 6.56. The van der Waals surface area contributed by atoms with E-state index in [1.807, 2.05) is 0 Å². The van der Waals surface area contributed by atoms with Gasteiger partial charge in [-0.3, -0.25) is 0 Å². The van der Waals surface area contributed by atoms with E-state index in [1.54, 1.807) is 47.6 Å². The lowest BCUT2D eigenvalue weighted by atomic mass is 9.80. The molecule has 1 aromatic carbocycles. The predicted octanol–water partition coefficient (Wildman–Crippen LogP) is 3.97. The van der Waals surface area contributed by atoms with Crippen molar-refractivity contribution in [1.29, 1.82) is 0 Å². The van der Waals surface area contributed by atoms with Gasteiger partial charge in [-0.1, -0.05) is 6.58 Å². The zero-order valence-electron chi connectivity index (χ0n) is 18.7. The Labute approximate surface area is 196 Å². The molecule has 1 aliphatic carbocycles. The van der Waals surface area contributed by atoms with E-state index in [-0.39, 0.29) is 23.4 Å². The highest BCUT2D eigenvalue weighted by molar-refractivity contribution is 5.86. The molecule has 10 heteroatoms. The largest absolute Gasteiger partial charge is 0.451 e. The lowest BCUT2D eigenvalue weighted by Gasteiger charge is -2.28. The van der Waals surface area contributed by atoms with Gasteiger partial charge in [-0.05, 0) is 37.1 Å². The maximum atomic E-state index is 15.6. The molecule has 0 spiro atoms. The van der Waals surface area contributed by atoms with E-state index in [0.717, 1.165) is 6.07 Å². The van der Waals surface area contributed by atoms with Gasteiger partial charge in [0.15, 0.2) is 18.1 Å². The molecule has 2 aliphatic heterocycles. The third-order valence-electron chi connectivity index (χ3n) is 7.96. The summed E-state index contributed by atoms with van der Waals surface area (Å²) in [6.45, 7) is 7.94. The fourth-order valence-corrected chi connectivity index (χ4v) is 6.74. The van der Waals surface area contributed by atoms with E-state index in [2.05, 4.69) is 11.6 Å². The quantitative estimate of drug-likeness (QED) is 0.257. The number of ether oxygens (including phenoxy) is 1. The number of esters is 1. The second-order valence-electron chi connectivity index (χ2n) is 9.57. The lowest BCUT2D eigenvalue weighted by Crippen LogP contribution is -2.57. The Bertz CT molecular complexity index is 1460. The summed E-state index contributed by atoms with van der Waals surface area (Å²) in [6.07, 6.45) is -1.15. The molecule has 35 heavy (non-hydrogen) atoms. The minimum Gasteiger partial charge on any atom is -0.451 e. The third-order valence-corrected chi connectivity index (χ3v) is 7.96. The maximum absolute atomic E-state index is 15.6. The van der Waals surface area contributed by atoms with Crippen LogP contribution in [0.2, 0.25) is 0 Å². The predicted molar refractivity (Wildman–Crippen MR) is 111 cm³/mol. The Morgan fingerprint density at radius 3 is 2.69 bits per heavy atom. The molecule has 4 unspecified atom stereocenters. The van der Waals surface area contributed by atoms with Crippen LogP contribution in [0, 0.1) is 17.6 Å². The monoisotopic (exact) mass is 489 g/mol. The van der Waals surface area contributed by atoms with Crippen LogP contribution in [0.5, 0.6) is 0 Å². The number of nitrogens with one attached hydrogen (secondary N) is 1. The summed E-state index contributed by atoms with van der Waals surface area (Å²) in [5.41, 5.74) is -3.07. The molecule has 4 atom stereocenters.